The summed E-state index contributed by atoms with van der Waals surface area (Å²) in [4.78, 5) is 17.4. The Bertz CT molecular complexity index is 92.6. The summed E-state index contributed by atoms with van der Waals surface area (Å²) in [5, 5.41) is 17.4. The van der Waals surface area contributed by atoms with Crippen LogP contribution in [0.5, 0.6) is 0 Å². The van der Waals surface area contributed by atoms with E-state index in [-0.39, 0.29) is 34.0 Å². The van der Waals surface area contributed by atoms with Gasteiger partial charge in [-0.1, -0.05) is 6.58 Å². The number of aliphatic carboxylic acids is 1. The fourth-order valence-corrected chi connectivity index (χ4v) is 0. The third kappa shape index (κ3) is 272. The second-order valence-corrected chi connectivity index (χ2v) is 0.619. The fraction of sp³-hybridized carbons (Fsp3) is 0. The van der Waals surface area contributed by atoms with Gasteiger partial charge in [0.05, 0.1) is 5.97 Å². The molecule has 4 N–H and O–H groups in total. The first kappa shape index (κ1) is 31.6. The van der Waals surface area contributed by atoms with Crippen LogP contribution >= 0.6 is 0 Å². The molecule has 0 aromatic carbocycles. The van der Waals surface area contributed by atoms with Crippen LogP contribution in [0.3, 0.4) is 0 Å². The van der Waals surface area contributed by atoms with Crippen molar-refractivity contribution in [1.82, 2.24) is 0 Å². The van der Waals surface area contributed by atoms with Gasteiger partial charge in [0.1, 0.15) is 0 Å². The Balaban J connectivity index is -0.0000000183. The Labute approximate surface area is 79.3 Å². The molecule has 0 aliphatic heterocycles. The van der Waals surface area contributed by atoms with Crippen LogP contribution < -0.4 is 10.2 Å². The molecule has 0 aliphatic carbocycles. The fourth-order valence-electron chi connectivity index (χ4n) is 0. The number of hydrogen-bond acceptors (Lipinski definition) is 4. The van der Waals surface area contributed by atoms with Crippen molar-refractivity contribution < 1.29 is 30.8 Å². The Morgan fingerprint density at radius 3 is 1.45 bits per heavy atom. The second kappa shape index (κ2) is 34.4. The molecule has 0 saturated heterocycles. The van der Waals surface area contributed by atoms with E-state index in [0.29, 0.717) is 0 Å². The minimum Gasteiger partial charge on any atom is -0.554 e. The average Bonchev–Trinajstić information content (AvgIpc) is 1.69. The van der Waals surface area contributed by atoms with E-state index in [1.54, 1.807) is 0 Å². The van der Waals surface area contributed by atoms with Gasteiger partial charge in [-0.05, 0) is 6.08 Å². The predicted octanol–water partition coefficient (Wildman–Crippen LogP) is -4.74. The number of carbonyl (C=O) groups excluding carboxylic acids is 2. The van der Waals surface area contributed by atoms with Crippen molar-refractivity contribution in [2.45, 2.75) is 0 Å². The molecule has 0 aromatic heterocycles. The minimum atomic E-state index is -1.23. The van der Waals surface area contributed by atoms with E-state index in [9.17, 15) is 0 Å². The SMILES string of the molecule is C=CC(=O)[O-].O.O.O=C[O-].[Mg+2]. The first-order valence-electron chi connectivity index (χ1n) is 1.58. The van der Waals surface area contributed by atoms with Crippen molar-refractivity contribution in [1.29, 1.82) is 0 Å². The van der Waals surface area contributed by atoms with Gasteiger partial charge in [0, 0.05) is 6.47 Å². The van der Waals surface area contributed by atoms with Gasteiger partial charge in [-0.3, -0.25) is 0 Å². The summed E-state index contributed by atoms with van der Waals surface area (Å²) in [5.74, 6) is -1.23. The Morgan fingerprint density at radius 2 is 1.45 bits per heavy atom. The topological polar surface area (TPSA) is 143 Å². The van der Waals surface area contributed by atoms with Crippen molar-refractivity contribution in [3.63, 3.8) is 0 Å². The van der Waals surface area contributed by atoms with Gasteiger partial charge in [0.2, 0.25) is 0 Å². The number of carboxylic acids is 1. The van der Waals surface area contributed by atoms with Crippen LogP contribution in [0.15, 0.2) is 12.7 Å². The van der Waals surface area contributed by atoms with E-state index < -0.39 is 12.4 Å². The molecule has 0 saturated carbocycles. The summed E-state index contributed by atoms with van der Waals surface area (Å²) in [7, 11) is 0. The molecular formula is C4H8MgO6. The molecular weight excluding hydrogens is 168 g/mol. The monoisotopic (exact) mass is 176 g/mol. The molecule has 0 rings (SSSR count). The molecule has 7 heteroatoms. The van der Waals surface area contributed by atoms with E-state index in [1.165, 1.54) is 0 Å². The van der Waals surface area contributed by atoms with Crippen LogP contribution in [-0.2, 0) is 9.59 Å². The van der Waals surface area contributed by atoms with Crippen LogP contribution in [0.1, 0.15) is 0 Å². The molecule has 0 aliphatic rings. The number of carbonyl (C=O) groups is 2. The molecule has 0 fully saturated rings. The maximum atomic E-state index is 9.14. The van der Waals surface area contributed by atoms with Crippen LogP contribution in [-0.4, -0.2) is 46.4 Å². The summed E-state index contributed by atoms with van der Waals surface area (Å²) >= 11 is 0. The van der Waals surface area contributed by atoms with E-state index in [4.69, 9.17) is 19.8 Å². The summed E-state index contributed by atoms with van der Waals surface area (Å²) in [6.45, 7) is 2.40. The van der Waals surface area contributed by atoms with Crippen LogP contribution in [0, 0.1) is 0 Å². The molecule has 0 spiro atoms. The minimum absolute atomic E-state index is 0. The third-order valence-electron chi connectivity index (χ3n) is 0.167. The zero-order chi connectivity index (χ0) is 6.99. The van der Waals surface area contributed by atoms with Gasteiger partial charge >= 0.3 is 23.1 Å². The molecule has 0 unspecified atom stereocenters. The number of carboxylic acid groups (broad SMARTS) is 2. The molecule has 62 valence electrons. The van der Waals surface area contributed by atoms with Crippen molar-refractivity contribution >= 4 is 35.5 Å². The van der Waals surface area contributed by atoms with Crippen LogP contribution in [0.2, 0.25) is 0 Å². The standard InChI is InChI=1S/C3H4O2.CH2O2.Mg.2H2O/c1-2-3(4)5;2-1-3;;;/h2H,1H2,(H,4,5);1H,(H,2,3);;2*1H2/q;;+2;;/p-2. The third-order valence-corrected chi connectivity index (χ3v) is 0.167. The molecule has 0 radical (unpaired) electrons. The summed E-state index contributed by atoms with van der Waals surface area (Å²) in [5.41, 5.74) is 0. The van der Waals surface area contributed by atoms with Crippen LogP contribution in [0.4, 0.5) is 0 Å². The van der Waals surface area contributed by atoms with Gasteiger partial charge in [-0.25, -0.2) is 0 Å². The van der Waals surface area contributed by atoms with E-state index in [2.05, 4.69) is 6.58 Å². The molecule has 0 bridgehead atoms. The van der Waals surface area contributed by atoms with Gasteiger partial charge in [-0.15, -0.1) is 0 Å². The zero-order valence-corrected chi connectivity index (χ0v) is 7.12. The van der Waals surface area contributed by atoms with E-state index in [1.807, 2.05) is 0 Å². The number of rotatable bonds is 1. The zero-order valence-electron chi connectivity index (χ0n) is 5.70. The maximum Gasteiger partial charge on any atom is 2.00 e. The molecule has 0 atom stereocenters. The van der Waals surface area contributed by atoms with Gasteiger partial charge in [-0.2, -0.15) is 0 Å². The van der Waals surface area contributed by atoms with Crippen molar-refractivity contribution in [3.05, 3.63) is 12.7 Å². The van der Waals surface area contributed by atoms with Crippen molar-refractivity contribution in [3.8, 4) is 0 Å². The quantitative estimate of drug-likeness (QED) is 0.224. The van der Waals surface area contributed by atoms with Gasteiger partial charge < -0.3 is 30.8 Å². The summed E-state index contributed by atoms with van der Waals surface area (Å²) in [6.07, 6.45) is 0.722. The smallest absolute Gasteiger partial charge is 0.554 e. The molecule has 11 heavy (non-hydrogen) atoms. The van der Waals surface area contributed by atoms with Crippen molar-refractivity contribution in [2.75, 3.05) is 0 Å². The Kier molecular flexibility index (Phi) is 98.7. The van der Waals surface area contributed by atoms with Gasteiger partial charge in [0.25, 0.3) is 0 Å². The summed E-state index contributed by atoms with van der Waals surface area (Å²) < 4.78 is 0. The van der Waals surface area contributed by atoms with E-state index >= 15 is 0 Å². The first-order chi connectivity index (χ1) is 3.68. The van der Waals surface area contributed by atoms with Gasteiger partial charge in [0.15, 0.2) is 0 Å². The molecule has 0 heterocycles. The normalized spacial score (nSPS) is 4.00. The molecule has 0 amide bonds. The molecule has 6 nitrogen and oxygen atoms in total. The maximum absolute atomic E-state index is 9.14. The largest absolute Gasteiger partial charge is 2.00 e. The first-order valence-corrected chi connectivity index (χ1v) is 1.58. The van der Waals surface area contributed by atoms with Crippen LogP contribution in [0.25, 0.3) is 0 Å². The predicted molar refractivity (Wildman–Crippen MR) is 34.2 cm³/mol. The number of hydrogen-bond donors (Lipinski definition) is 0. The Hall–Kier alpha value is -0.634. The van der Waals surface area contributed by atoms with Crippen molar-refractivity contribution in [2.24, 2.45) is 0 Å². The Morgan fingerprint density at radius 1 is 1.36 bits per heavy atom. The molecule has 0 aromatic rings. The van der Waals surface area contributed by atoms with E-state index in [0.717, 1.165) is 6.08 Å². The second-order valence-electron chi connectivity index (χ2n) is 0.619. The average molecular weight is 176 g/mol. The summed E-state index contributed by atoms with van der Waals surface area (Å²) in [6, 6.07) is 0.